The van der Waals surface area contributed by atoms with Crippen LogP contribution in [0.1, 0.15) is 28.8 Å². The highest BCUT2D eigenvalue weighted by atomic mass is 16.5. The summed E-state index contributed by atoms with van der Waals surface area (Å²) in [7, 11) is 1.55. The monoisotopic (exact) mass is 248 g/mol. The van der Waals surface area contributed by atoms with Crippen molar-refractivity contribution < 1.29 is 14.3 Å². The molecule has 5 nitrogen and oxygen atoms in total. The molecule has 1 saturated carbocycles. The molecule has 0 radical (unpaired) electrons. The van der Waals surface area contributed by atoms with E-state index in [0.717, 1.165) is 18.4 Å². The molecule has 0 spiro atoms. The lowest BCUT2D eigenvalue weighted by Crippen LogP contribution is -2.42. The predicted molar refractivity (Wildman–Crippen MR) is 66.1 cm³/mol. The summed E-state index contributed by atoms with van der Waals surface area (Å²) in [5, 5.41) is 0. The SMILES string of the molecule is COc1cc(C(=O)NNC(=O)C2CC2)ccc1C. The van der Waals surface area contributed by atoms with E-state index in [1.807, 2.05) is 6.92 Å². The Bertz CT molecular complexity index is 481. The number of carbonyl (C=O) groups is 2. The number of carbonyl (C=O) groups excluding carboxylic acids is 2. The number of amides is 2. The molecular weight excluding hydrogens is 232 g/mol. The molecule has 18 heavy (non-hydrogen) atoms. The molecule has 0 aliphatic heterocycles. The maximum absolute atomic E-state index is 11.8. The second-order valence-corrected chi connectivity index (χ2v) is 4.40. The summed E-state index contributed by atoms with van der Waals surface area (Å²) < 4.78 is 5.14. The molecule has 0 atom stereocenters. The smallest absolute Gasteiger partial charge is 0.269 e. The molecule has 1 aliphatic carbocycles. The highest BCUT2D eigenvalue weighted by molar-refractivity contribution is 5.96. The van der Waals surface area contributed by atoms with Gasteiger partial charge in [0.1, 0.15) is 5.75 Å². The molecule has 0 unspecified atom stereocenters. The lowest BCUT2D eigenvalue weighted by atomic mass is 10.1. The zero-order valence-electron chi connectivity index (χ0n) is 10.4. The minimum Gasteiger partial charge on any atom is -0.496 e. The van der Waals surface area contributed by atoms with Crippen LogP contribution in [0.4, 0.5) is 0 Å². The zero-order valence-corrected chi connectivity index (χ0v) is 10.4. The summed E-state index contributed by atoms with van der Waals surface area (Å²) in [6.07, 6.45) is 1.81. The minimum absolute atomic E-state index is 0.0675. The number of nitrogens with one attached hydrogen (secondary N) is 2. The van der Waals surface area contributed by atoms with Crippen molar-refractivity contribution in [2.24, 2.45) is 5.92 Å². The van der Waals surface area contributed by atoms with Crippen molar-refractivity contribution in [1.82, 2.24) is 10.9 Å². The number of benzene rings is 1. The third-order valence-corrected chi connectivity index (χ3v) is 2.92. The van der Waals surface area contributed by atoms with Gasteiger partial charge in [-0.05, 0) is 37.5 Å². The van der Waals surface area contributed by atoms with Gasteiger partial charge in [0.25, 0.3) is 5.91 Å². The fourth-order valence-electron chi connectivity index (χ4n) is 1.60. The standard InChI is InChI=1S/C13H16N2O3/c1-8-3-4-10(7-11(8)18-2)13(17)15-14-12(16)9-5-6-9/h3-4,7,9H,5-6H2,1-2H3,(H,14,16)(H,15,17). The van der Waals surface area contributed by atoms with Gasteiger partial charge in [0, 0.05) is 11.5 Å². The van der Waals surface area contributed by atoms with Gasteiger partial charge in [0.15, 0.2) is 0 Å². The van der Waals surface area contributed by atoms with Crippen LogP contribution in [0.25, 0.3) is 0 Å². The van der Waals surface area contributed by atoms with Crippen molar-refractivity contribution in [3.8, 4) is 5.75 Å². The fraction of sp³-hybridized carbons (Fsp3) is 0.385. The van der Waals surface area contributed by atoms with Gasteiger partial charge in [-0.2, -0.15) is 0 Å². The normalized spacial score (nSPS) is 13.9. The van der Waals surface area contributed by atoms with Gasteiger partial charge < -0.3 is 4.74 Å². The van der Waals surface area contributed by atoms with E-state index >= 15 is 0 Å². The molecule has 1 aliphatic rings. The van der Waals surface area contributed by atoms with Gasteiger partial charge in [0.05, 0.1) is 7.11 Å². The number of ether oxygens (including phenoxy) is 1. The maximum atomic E-state index is 11.8. The van der Waals surface area contributed by atoms with E-state index in [2.05, 4.69) is 10.9 Å². The van der Waals surface area contributed by atoms with E-state index < -0.39 is 0 Å². The lowest BCUT2D eigenvalue weighted by molar-refractivity contribution is -0.123. The first-order valence-corrected chi connectivity index (χ1v) is 5.86. The van der Waals surface area contributed by atoms with E-state index in [-0.39, 0.29) is 17.7 Å². The van der Waals surface area contributed by atoms with Gasteiger partial charge in [-0.15, -0.1) is 0 Å². The Labute approximate surface area is 105 Å². The quantitative estimate of drug-likeness (QED) is 0.789. The Hall–Kier alpha value is -2.04. The van der Waals surface area contributed by atoms with Crippen LogP contribution < -0.4 is 15.6 Å². The van der Waals surface area contributed by atoms with Crippen molar-refractivity contribution in [2.45, 2.75) is 19.8 Å². The Morgan fingerprint density at radius 2 is 2.00 bits per heavy atom. The Balaban J connectivity index is 1.97. The predicted octanol–water partition coefficient (Wildman–Crippen LogP) is 1.17. The minimum atomic E-state index is -0.345. The molecule has 1 fully saturated rings. The van der Waals surface area contributed by atoms with Crippen LogP contribution in [0.2, 0.25) is 0 Å². The highest BCUT2D eigenvalue weighted by Crippen LogP contribution is 2.28. The fourth-order valence-corrected chi connectivity index (χ4v) is 1.60. The third-order valence-electron chi connectivity index (χ3n) is 2.92. The van der Waals surface area contributed by atoms with Gasteiger partial charge in [-0.25, -0.2) is 0 Å². The average Bonchev–Trinajstić information content (AvgIpc) is 3.20. The van der Waals surface area contributed by atoms with Crippen molar-refractivity contribution in [1.29, 1.82) is 0 Å². The second-order valence-electron chi connectivity index (χ2n) is 4.40. The second kappa shape index (κ2) is 5.08. The first kappa shape index (κ1) is 12.4. The maximum Gasteiger partial charge on any atom is 0.269 e. The van der Waals surface area contributed by atoms with Crippen LogP contribution in [0, 0.1) is 12.8 Å². The molecule has 5 heteroatoms. The van der Waals surface area contributed by atoms with Crippen molar-refractivity contribution >= 4 is 11.8 Å². The molecule has 96 valence electrons. The third kappa shape index (κ3) is 2.80. The number of aryl methyl sites for hydroxylation is 1. The number of methoxy groups -OCH3 is 1. The summed E-state index contributed by atoms with van der Waals surface area (Å²) >= 11 is 0. The number of hydrogen-bond acceptors (Lipinski definition) is 3. The number of hydrazine groups is 1. The summed E-state index contributed by atoms with van der Waals surface area (Å²) in [4.78, 5) is 23.2. The molecule has 2 amide bonds. The summed E-state index contributed by atoms with van der Waals surface area (Å²) in [5.41, 5.74) is 6.22. The van der Waals surface area contributed by atoms with E-state index in [1.165, 1.54) is 0 Å². The molecular formula is C13H16N2O3. The molecule has 0 bridgehead atoms. The molecule has 1 aromatic rings. The topological polar surface area (TPSA) is 67.4 Å². The molecule has 2 rings (SSSR count). The summed E-state index contributed by atoms with van der Waals surface area (Å²) in [6.45, 7) is 1.90. The van der Waals surface area contributed by atoms with Crippen LogP contribution >= 0.6 is 0 Å². The molecule has 0 heterocycles. The highest BCUT2D eigenvalue weighted by Gasteiger charge is 2.29. The molecule has 2 N–H and O–H groups in total. The summed E-state index contributed by atoms with van der Waals surface area (Å²) in [6, 6.07) is 5.14. The van der Waals surface area contributed by atoms with Crippen LogP contribution in [-0.4, -0.2) is 18.9 Å². The zero-order chi connectivity index (χ0) is 13.1. The van der Waals surface area contributed by atoms with Crippen molar-refractivity contribution in [2.75, 3.05) is 7.11 Å². The van der Waals surface area contributed by atoms with Gasteiger partial charge in [-0.3, -0.25) is 20.4 Å². The molecule has 0 aromatic heterocycles. The van der Waals surface area contributed by atoms with Gasteiger partial charge >= 0.3 is 0 Å². The Morgan fingerprint density at radius 1 is 1.28 bits per heavy atom. The summed E-state index contributed by atoms with van der Waals surface area (Å²) in [5.74, 6) is 0.249. The van der Waals surface area contributed by atoms with E-state index in [4.69, 9.17) is 4.74 Å². The Morgan fingerprint density at radius 3 is 2.61 bits per heavy atom. The van der Waals surface area contributed by atoms with E-state index in [0.29, 0.717) is 11.3 Å². The van der Waals surface area contributed by atoms with Crippen molar-refractivity contribution in [3.05, 3.63) is 29.3 Å². The average molecular weight is 248 g/mol. The van der Waals surface area contributed by atoms with Crippen LogP contribution in [0.15, 0.2) is 18.2 Å². The van der Waals surface area contributed by atoms with Crippen LogP contribution in [0.5, 0.6) is 5.75 Å². The van der Waals surface area contributed by atoms with Crippen LogP contribution in [-0.2, 0) is 4.79 Å². The van der Waals surface area contributed by atoms with Crippen LogP contribution in [0.3, 0.4) is 0 Å². The van der Waals surface area contributed by atoms with Gasteiger partial charge in [0.2, 0.25) is 5.91 Å². The largest absolute Gasteiger partial charge is 0.496 e. The molecule has 1 aromatic carbocycles. The van der Waals surface area contributed by atoms with E-state index in [9.17, 15) is 9.59 Å². The van der Waals surface area contributed by atoms with Crippen molar-refractivity contribution in [3.63, 3.8) is 0 Å². The number of rotatable bonds is 3. The first-order chi connectivity index (χ1) is 8.61. The van der Waals surface area contributed by atoms with E-state index in [1.54, 1.807) is 25.3 Å². The number of hydrogen-bond donors (Lipinski definition) is 2. The Kier molecular flexibility index (Phi) is 3.50. The first-order valence-electron chi connectivity index (χ1n) is 5.86. The lowest BCUT2D eigenvalue weighted by Gasteiger charge is -2.09. The van der Waals surface area contributed by atoms with Gasteiger partial charge in [-0.1, -0.05) is 6.07 Å². The molecule has 0 saturated heterocycles.